The summed E-state index contributed by atoms with van der Waals surface area (Å²) in [6, 6.07) is 5.69. The van der Waals surface area contributed by atoms with Crippen LogP contribution >= 0.6 is 0 Å². The van der Waals surface area contributed by atoms with Gasteiger partial charge in [0, 0.05) is 32.0 Å². The van der Waals surface area contributed by atoms with Crippen molar-refractivity contribution < 1.29 is 22.7 Å². The molecule has 2 aromatic rings. The van der Waals surface area contributed by atoms with E-state index in [9.17, 15) is 13.6 Å². The molecule has 0 bridgehead atoms. The highest BCUT2D eigenvalue weighted by atomic mass is 19.3. The van der Waals surface area contributed by atoms with Gasteiger partial charge in [-0.3, -0.25) is 4.79 Å². The maximum absolute atomic E-state index is 15.5. The number of amides is 1. The third kappa shape index (κ3) is 6.22. The summed E-state index contributed by atoms with van der Waals surface area (Å²) < 4.78 is 48.4. The van der Waals surface area contributed by atoms with Crippen LogP contribution in [-0.4, -0.2) is 42.2 Å². The average Bonchev–Trinajstić information content (AvgIpc) is 2.84. The lowest BCUT2D eigenvalue weighted by atomic mass is 9.80. The predicted octanol–water partition coefficient (Wildman–Crippen LogP) is 4.40. The molecule has 2 fully saturated rings. The number of alkyl halides is 2. The second-order valence-electron chi connectivity index (χ2n) is 9.59. The Kier molecular flexibility index (Phi) is 7.78. The smallest absolute Gasteiger partial charge is 0.270 e. The summed E-state index contributed by atoms with van der Waals surface area (Å²) in [6.45, 7) is 2.55. The van der Waals surface area contributed by atoms with Crippen LogP contribution in [0, 0.1) is 17.7 Å². The number of carbonyl (C=O) groups is 1. The van der Waals surface area contributed by atoms with E-state index >= 15 is 4.39 Å². The van der Waals surface area contributed by atoms with Crippen molar-refractivity contribution >= 4 is 17.5 Å². The first-order chi connectivity index (χ1) is 16.7. The van der Waals surface area contributed by atoms with Crippen LogP contribution in [0.4, 0.5) is 24.8 Å². The Labute approximate surface area is 203 Å². The number of primary amides is 1. The number of nitrogens with two attached hydrogens (primary N) is 1. The van der Waals surface area contributed by atoms with Crippen molar-refractivity contribution in [2.45, 2.75) is 51.0 Å². The lowest BCUT2D eigenvalue weighted by Gasteiger charge is -2.37. The van der Waals surface area contributed by atoms with Crippen LogP contribution in [0.25, 0.3) is 0 Å². The highest BCUT2D eigenvalue weighted by Gasteiger charge is 2.31. The quantitative estimate of drug-likeness (QED) is 0.569. The van der Waals surface area contributed by atoms with E-state index < -0.39 is 11.7 Å². The van der Waals surface area contributed by atoms with E-state index in [1.54, 1.807) is 17.0 Å². The topological polar surface area (TPSA) is 93.4 Å². The third-order valence-corrected chi connectivity index (χ3v) is 6.99. The summed E-state index contributed by atoms with van der Waals surface area (Å²) in [7, 11) is 0. The summed E-state index contributed by atoms with van der Waals surface area (Å²) in [5, 5.41) is 3.14. The van der Waals surface area contributed by atoms with Gasteiger partial charge in [0.25, 0.3) is 5.92 Å². The first kappa shape index (κ1) is 25.2. The monoisotopic (exact) mass is 491 g/mol. The van der Waals surface area contributed by atoms with Gasteiger partial charge in [0.05, 0.1) is 19.3 Å². The molecule has 1 aromatic heterocycles. The van der Waals surface area contributed by atoms with Gasteiger partial charge < -0.3 is 20.7 Å². The number of rotatable bonds is 8. The first-order valence-corrected chi connectivity index (χ1v) is 12.1. The van der Waals surface area contributed by atoms with Crippen LogP contribution in [0.1, 0.15) is 56.2 Å². The summed E-state index contributed by atoms with van der Waals surface area (Å²) >= 11 is 0. The van der Waals surface area contributed by atoms with Crippen molar-refractivity contribution in [3.8, 4) is 0 Å². The molecule has 10 heteroatoms. The van der Waals surface area contributed by atoms with Crippen molar-refractivity contribution in [3.05, 3.63) is 47.5 Å². The van der Waals surface area contributed by atoms with Crippen LogP contribution < -0.4 is 16.0 Å². The van der Waals surface area contributed by atoms with Gasteiger partial charge in [-0.1, -0.05) is 24.3 Å². The van der Waals surface area contributed by atoms with E-state index in [2.05, 4.69) is 15.3 Å². The van der Waals surface area contributed by atoms with E-state index in [1.807, 2.05) is 0 Å². The zero-order valence-corrected chi connectivity index (χ0v) is 19.9. The van der Waals surface area contributed by atoms with Crippen molar-refractivity contribution in [2.75, 3.05) is 36.5 Å². The molecule has 1 amide bonds. The minimum Gasteiger partial charge on any atom is -0.377 e. The zero-order chi connectivity index (χ0) is 25.0. The highest BCUT2D eigenvalue weighted by molar-refractivity contribution is 5.74. The van der Waals surface area contributed by atoms with Crippen LogP contribution in [0.3, 0.4) is 0 Å². The van der Waals surface area contributed by atoms with Gasteiger partial charge >= 0.3 is 0 Å². The fraction of sp³-hybridized carbons (Fsp3) is 0.560. The number of aromatic nitrogens is 2. The van der Waals surface area contributed by atoms with E-state index in [4.69, 9.17) is 10.5 Å². The molecular formula is C25H32F3N5O2. The van der Waals surface area contributed by atoms with E-state index in [1.165, 1.54) is 18.5 Å². The summed E-state index contributed by atoms with van der Waals surface area (Å²) in [6.07, 6.45) is 5.52. The second-order valence-corrected chi connectivity index (χ2v) is 9.59. The second kappa shape index (κ2) is 10.8. The molecule has 1 aliphatic carbocycles. The molecule has 0 radical (unpaired) electrons. The Bertz CT molecular complexity index is 1010. The molecule has 4 rings (SSSR count). The normalized spacial score (nSPS) is 23.2. The molecule has 3 N–H and O–H groups in total. The Morgan fingerprint density at radius 3 is 2.51 bits per heavy atom. The largest absolute Gasteiger partial charge is 0.377 e. The lowest BCUT2D eigenvalue weighted by Crippen LogP contribution is -2.40. The summed E-state index contributed by atoms with van der Waals surface area (Å²) in [5.74, 6) is -2.74. The molecule has 7 nitrogen and oxygen atoms in total. The predicted molar refractivity (Wildman–Crippen MR) is 127 cm³/mol. The molecule has 1 unspecified atom stereocenters. The number of nitrogens with zero attached hydrogens (tertiary/aromatic N) is 3. The number of halogens is 3. The fourth-order valence-electron chi connectivity index (χ4n) is 4.98. The SMILES string of the molecule is CC(F)(F)c1ccc(C2COCCN2c2ncnc(NCC3CCC(CC(N)=O)CC3)c2F)cc1. The number of hydrogen-bond acceptors (Lipinski definition) is 6. The highest BCUT2D eigenvalue weighted by Crippen LogP contribution is 2.35. The number of morpholine rings is 1. The maximum Gasteiger partial charge on any atom is 0.270 e. The molecule has 1 saturated heterocycles. The first-order valence-electron chi connectivity index (χ1n) is 12.1. The van der Waals surface area contributed by atoms with Crippen molar-refractivity contribution in [2.24, 2.45) is 17.6 Å². The summed E-state index contributed by atoms with van der Waals surface area (Å²) in [5.41, 5.74) is 5.98. The molecular weight excluding hydrogens is 459 g/mol. The molecule has 1 saturated carbocycles. The van der Waals surface area contributed by atoms with Crippen LogP contribution in [0.5, 0.6) is 0 Å². The number of carbonyl (C=O) groups excluding carboxylic acids is 1. The Hall–Kier alpha value is -2.88. The van der Waals surface area contributed by atoms with Crippen LogP contribution in [0.2, 0.25) is 0 Å². The van der Waals surface area contributed by atoms with Gasteiger partial charge in [0.1, 0.15) is 6.33 Å². The van der Waals surface area contributed by atoms with Crippen LogP contribution in [-0.2, 0) is 15.5 Å². The van der Waals surface area contributed by atoms with Gasteiger partial charge in [-0.25, -0.2) is 18.7 Å². The maximum atomic E-state index is 15.5. The Balaban J connectivity index is 1.44. The zero-order valence-electron chi connectivity index (χ0n) is 19.9. The lowest BCUT2D eigenvalue weighted by molar-refractivity contribution is -0.119. The number of benzene rings is 1. The minimum absolute atomic E-state index is 0.0760. The molecule has 2 heterocycles. The number of nitrogens with one attached hydrogen (secondary N) is 1. The Morgan fingerprint density at radius 2 is 1.86 bits per heavy atom. The van der Waals surface area contributed by atoms with Gasteiger partial charge in [0.2, 0.25) is 11.7 Å². The van der Waals surface area contributed by atoms with Gasteiger partial charge in [-0.05, 0) is 43.1 Å². The van der Waals surface area contributed by atoms with Gasteiger partial charge in [-0.2, -0.15) is 4.39 Å². The van der Waals surface area contributed by atoms with Gasteiger partial charge in [-0.15, -0.1) is 0 Å². The number of ether oxygens (including phenoxy) is 1. The molecule has 2 aliphatic rings. The molecule has 1 aromatic carbocycles. The average molecular weight is 492 g/mol. The van der Waals surface area contributed by atoms with Crippen molar-refractivity contribution in [1.82, 2.24) is 9.97 Å². The minimum atomic E-state index is -2.93. The van der Waals surface area contributed by atoms with Crippen molar-refractivity contribution in [1.29, 1.82) is 0 Å². The van der Waals surface area contributed by atoms with Gasteiger partial charge in [0.15, 0.2) is 11.6 Å². The van der Waals surface area contributed by atoms with Crippen LogP contribution in [0.15, 0.2) is 30.6 Å². The molecule has 1 aliphatic heterocycles. The number of anilines is 2. The number of hydrogen-bond donors (Lipinski definition) is 2. The summed E-state index contributed by atoms with van der Waals surface area (Å²) in [4.78, 5) is 21.3. The van der Waals surface area contributed by atoms with Crippen molar-refractivity contribution in [3.63, 3.8) is 0 Å². The standard InChI is InChI=1S/C25H32F3N5O2/c1-25(27,28)19-8-6-18(7-9-19)20-14-35-11-10-33(20)24-22(26)23(31-15-32-24)30-13-17-4-2-16(3-5-17)12-21(29)34/h6-9,15-17,20H,2-5,10-14H2,1H3,(H2,29,34)(H,30,31,32). The molecule has 190 valence electrons. The molecule has 0 spiro atoms. The Morgan fingerprint density at radius 1 is 1.17 bits per heavy atom. The third-order valence-electron chi connectivity index (χ3n) is 6.99. The molecule has 35 heavy (non-hydrogen) atoms. The molecule has 1 atom stereocenters. The fourth-order valence-corrected chi connectivity index (χ4v) is 4.98. The van der Waals surface area contributed by atoms with E-state index in [-0.39, 0.29) is 29.1 Å². The van der Waals surface area contributed by atoms with E-state index in [0.29, 0.717) is 44.6 Å². The van der Waals surface area contributed by atoms with E-state index in [0.717, 1.165) is 38.2 Å².